The number of hydrogen-bond acceptors (Lipinski definition) is 8. The van der Waals surface area contributed by atoms with Crippen LogP contribution >= 0.6 is 0 Å². The third-order valence-electron chi connectivity index (χ3n) is 4.63. The van der Waals surface area contributed by atoms with Crippen molar-refractivity contribution in [2.45, 2.75) is 6.92 Å². The van der Waals surface area contributed by atoms with E-state index in [1.165, 1.54) is 6.92 Å². The summed E-state index contributed by atoms with van der Waals surface area (Å²) >= 11 is 0. The second-order valence-corrected chi connectivity index (χ2v) is 6.93. The molecule has 0 bridgehead atoms. The zero-order valence-corrected chi connectivity index (χ0v) is 16.9. The van der Waals surface area contributed by atoms with Gasteiger partial charge in [0.05, 0.1) is 11.7 Å². The first-order valence-electron chi connectivity index (χ1n) is 9.66. The largest absolute Gasteiger partial charge is 0.439 e. The van der Waals surface area contributed by atoms with E-state index < -0.39 is 0 Å². The Labute approximate surface area is 181 Å². The highest BCUT2D eigenvalue weighted by Crippen LogP contribution is 2.32. The molecule has 0 unspecified atom stereocenters. The standard InChI is InChI=1S/C22H17N7O3/c1-13(30)25-14-6-5-9-16(10-14)31-19-11-18-17(12-24-19)26-22(20-21(23)28-32-27-20)29(18)15-7-3-2-4-8-15/h2-12H,1H3,(H2,23,28)(H,25,30). The van der Waals surface area contributed by atoms with Crippen molar-refractivity contribution in [1.82, 2.24) is 24.8 Å². The summed E-state index contributed by atoms with van der Waals surface area (Å²) in [7, 11) is 0. The number of rotatable bonds is 5. The van der Waals surface area contributed by atoms with Gasteiger partial charge in [0.1, 0.15) is 11.3 Å². The van der Waals surface area contributed by atoms with Gasteiger partial charge in [-0.2, -0.15) is 0 Å². The average Bonchev–Trinajstić information content (AvgIpc) is 3.37. The number of nitrogens with zero attached hydrogens (tertiary/aromatic N) is 5. The molecule has 0 fully saturated rings. The number of hydrogen-bond donors (Lipinski definition) is 2. The summed E-state index contributed by atoms with van der Waals surface area (Å²) in [5.41, 5.74) is 9.08. The lowest BCUT2D eigenvalue weighted by molar-refractivity contribution is -0.114. The number of aromatic nitrogens is 5. The lowest BCUT2D eigenvalue weighted by Gasteiger charge is -2.09. The highest BCUT2D eigenvalue weighted by Gasteiger charge is 2.21. The Bertz CT molecular complexity index is 1430. The summed E-state index contributed by atoms with van der Waals surface area (Å²) in [5, 5.41) is 10.3. The number of nitrogen functional groups attached to an aromatic ring is 1. The smallest absolute Gasteiger partial charge is 0.221 e. The Balaban J connectivity index is 1.61. The third-order valence-corrected chi connectivity index (χ3v) is 4.63. The molecule has 0 saturated carbocycles. The number of para-hydroxylation sites is 1. The highest BCUT2D eigenvalue weighted by molar-refractivity contribution is 5.89. The van der Waals surface area contributed by atoms with E-state index in [4.69, 9.17) is 15.1 Å². The summed E-state index contributed by atoms with van der Waals surface area (Å²) in [6.45, 7) is 1.45. The number of nitrogens with two attached hydrogens (primary N) is 1. The molecule has 0 aliphatic carbocycles. The van der Waals surface area contributed by atoms with Crippen LogP contribution in [0.1, 0.15) is 6.92 Å². The lowest BCUT2D eigenvalue weighted by Crippen LogP contribution is -2.05. The lowest BCUT2D eigenvalue weighted by atomic mass is 10.3. The fourth-order valence-corrected chi connectivity index (χ4v) is 3.33. The Kier molecular flexibility index (Phi) is 4.71. The zero-order chi connectivity index (χ0) is 22.1. The molecule has 10 heteroatoms. The maximum absolute atomic E-state index is 11.3. The number of fused-ring (bicyclic) bond motifs is 1. The first-order valence-corrected chi connectivity index (χ1v) is 9.66. The molecule has 3 heterocycles. The molecule has 0 aliphatic rings. The maximum atomic E-state index is 11.3. The predicted molar refractivity (Wildman–Crippen MR) is 117 cm³/mol. The van der Waals surface area contributed by atoms with E-state index in [1.54, 1.807) is 36.5 Å². The number of nitrogens with one attached hydrogen (secondary N) is 1. The van der Waals surface area contributed by atoms with Crippen molar-refractivity contribution in [2.75, 3.05) is 11.1 Å². The fourth-order valence-electron chi connectivity index (χ4n) is 3.33. The summed E-state index contributed by atoms with van der Waals surface area (Å²) in [4.78, 5) is 20.3. The molecular weight excluding hydrogens is 410 g/mol. The molecule has 5 aromatic rings. The molecular formula is C22H17N7O3. The molecule has 0 atom stereocenters. The maximum Gasteiger partial charge on any atom is 0.221 e. The molecule has 2 aromatic carbocycles. The summed E-state index contributed by atoms with van der Waals surface area (Å²) in [6.07, 6.45) is 1.61. The van der Waals surface area contributed by atoms with Crippen LogP contribution in [0.2, 0.25) is 0 Å². The van der Waals surface area contributed by atoms with Crippen LogP contribution in [0.4, 0.5) is 11.5 Å². The van der Waals surface area contributed by atoms with Gasteiger partial charge < -0.3 is 15.8 Å². The molecule has 10 nitrogen and oxygen atoms in total. The predicted octanol–water partition coefficient (Wildman–Crippen LogP) is 3.80. The molecule has 3 aromatic heterocycles. The Hall–Kier alpha value is -4.73. The normalized spacial score (nSPS) is 10.9. The number of pyridine rings is 1. The van der Waals surface area contributed by atoms with Gasteiger partial charge in [-0.3, -0.25) is 9.36 Å². The van der Waals surface area contributed by atoms with Gasteiger partial charge in [-0.25, -0.2) is 14.6 Å². The SMILES string of the molecule is CC(=O)Nc1cccc(Oc2cc3c(cn2)nc(-c2nonc2N)n3-c2ccccc2)c1. The van der Waals surface area contributed by atoms with Crippen molar-refractivity contribution in [1.29, 1.82) is 0 Å². The van der Waals surface area contributed by atoms with Crippen LogP contribution in [-0.4, -0.2) is 30.8 Å². The van der Waals surface area contributed by atoms with Crippen LogP contribution in [0, 0.1) is 0 Å². The first-order chi connectivity index (χ1) is 15.6. The van der Waals surface area contributed by atoms with Gasteiger partial charge in [-0.1, -0.05) is 24.3 Å². The second kappa shape index (κ2) is 7.84. The summed E-state index contributed by atoms with van der Waals surface area (Å²) in [5.74, 6) is 1.32. The Morgan fingerprint density at radius 3 is 2.69 bits per heavy atom. The van der Waals surface area contributed by atoms with Gasteiger partial charge in [0.15, 0.2) is 17.3 Å². The van der Waals surface area contributed by atoms with Crippen molar-refractivity contribution < 1.29 is 14.2 Å². The summed E-state index contributed by atoms with van der Waals surface area (Å²) < 4.78 is 12.6. The number of carbonyl (C=O) groups is 1. The monoisotopic (exact) mass is 427 g/mol. The fraction of sp³-hybridized carbons (Fsp3) is 0.0455. The van der Waals surface area contributed by atoms with Crippen LogP contribution in [0.25, 0.3) is 28.2 Å². The minimum Gasteiger partial charge on any atom is -0.439 e. The van der Waals surface area contributed by atoms with Gasteiger partial charge in [-0.15, -0.1) is 0 Å². The van der Waals surface area contributed by atoms with Crippen molar-refractivity contribution in [2.24, 2.45) is 0 Å². The van der Waals surface area contributed by atoms with E-state index in [1.807, 2.05) is 34.9 Å². The number of imidazole rings is 1. The number of carbonyl (C=O) groups excluding carboxylic acids is 1. The first kappa shape index (κ1) is 19.2. The van der Waals surface area contributed by atoms with E-state index in [0.29, 0.717) is 34.4 Å². The van der Waals surface area contributed by atoms with Crippen LogP contribution in [0.3, 0.4) is 0 Å². The van der Waals surface area contributed by atoms with Gasteiger partial charge in [-0.05, 0) is 34.6 Å². The van der Waals surface area contributed by atoms with Crippen LogP contribution in [0.15, 0.2) is 71.5 Å². The second-order valence-electron chi connectivity index (χ2n) is 6.93. The van der Waals surface area contributed by atoms with Crippen molar-refractivity contribution in [3.8, 4) is 28.8 Å². The van der Waals surface area contributed by atoms with Gasteiger partial charge in [0, 0.05) is 30.4 Å². The molecule has 5 rings (SSSR count). The van der Waals surface area contributed by atoms with Crippen LogP contribution < -0.4 is 15.8 Å². The average molecular weight is 427 g/mol. The van der Waals surface area contributed by atoms with E-state index in [9.17, 15) is 4.79 Å². The van der Waals surface area contributed by atoms with Gasteiger partial charge >= 0.3 is 0 Å². The molecule has 0 radical (unpaired) electrons. The number of ether oxygens (including phenoxy) is 1. The van der Waals surface area contributed by atoms with E-state index in [2.05, 4.69) is 25.6 Å². The third kappa shape index (κ3) is 3.60. The van der Waals surface area contributed by atoms with E-state index in [-0.39, 0.29) is 11.7 Å². The summed E-state index contributed by atoms with van der Waals surface area (Å²) in [6, 6.07) is 18.5. The molecule has 1 amide bonds. The zero-order valence-electron chi connectivity index (χ0n) is 16.9. The van der Waals surface area contributed by atoms with E-state index >= 15 is 0 Å². The minimum absolute atomic E-state index is 0.136. The molecule has 0 aliphatic heterocycles. The van der Waals surface area contributed by atoms with Crippen LogP contribution in [-0.2, 0) is 4.79 Å². The molecule has 0 spiro atoms. The van der Waals surface area contributed by atoms with Crippen molar-refractivity contribution in [3.63, 3.8) is 0 Å². The molecule has 0 saturated heterocycles. The van der Waals surface area contributed by atoms with Gasteiger partial charge in [0.25, 0.3) is 0 Å². The Morgan fingerprint density at radius 1 is 1.09 bits per heavy atom. The molecule has 3 N–H and O–H groups in total. The topological polar surface area (TPSA) is 134 Å². The van der Waals surface area contributed by atoms with Gasteiger partial charge in [0.2, 0.25) is 11.8 Å². The van der Waals surface area contributed by atoms with Crippen LogP contribution in [0.5, 0.6) is 11.6 Å². The van der Waals surface area contributed by atoms with Crippen molar-refractivity contribution >= 4 is 28.4 Å². The Morgan fingerprint density at radius 2 is 1.94 bits per heavy atom. The molecule has 158 valence electrons. The quantitative estimate of drug-likeness (QED) is 0.432. The number of amides is 1. The minimum atomic E-state index is -0.164. The molecule has 32 heavy (non-hydrogen) atoms. The number of benzene rings is 2. The number of anilines is 2. The highest BCUT2D eigenvalue weighted by atomic mass is 16.6. The van der Waals surface area contributed by atoms with Crippen molar-refractivity contribution in [3.05, 3.63) is 66.9 Å². The van der Waals surface area contributed by atoms with E-state index in [0.717, 1.165) is 11.2 Å².